The molecule has 0 unspecified atom stereocenters. The lowest BCUT2D eigenvalue weighted by atomic mass is 10.0. The molecule has 0 radical (unpaired) electrons. The lowest BCUT2D eigenvalue weighted by molar-refractivity contribution is -0.0279. The van der Waals surface area contributed by atoms with Crippen molar-refractivity contribution in [2.24, 2.45) is 0 Å². The monoisotopic (exact) mass is 380 g/mol. The number of ether oxygens (including phenoxy) is 2. The van der Waals surface area contributed by atoms with Gasteiger partial charge >= 0.3 is 0 Å². The third-order valence-corrected chi connectivity index (χ3v) is 5.77. The Bertz CT molecular complexity index is 816. The summed E-state index contributed by atoms with van der Waals surface area (Å²) < 4.78 is 43.0. The Kier molecular flexibility index (Phi) is 5.95. The molecule has 0 amide bonds. The molecule has 1 aromatic carbocycles. The minimum Gasteiger partial charge on any atom is -0.491 e. The molecule has 0 saturated carbocycles. The van der Waals surface area contributed by atoms with E-state index < -0.39 is 10.0 Å². The van der Waals surface area contributed by atoms with E-state index in [0.717, 1.165) is 29.9 Å². The average Bonchev–Trinajstić information content (AvgIpc) is 3.07. The molecule has 0 spiro atoms. The van der Waals surface area contributed by atoms with Crippen molar-refractivity contribution in [3.05, 3.63) is 36.1 Å². The Morgan fingerprint density at radius 2 is 2.08 bits per heavy atom. The van der Waals surface area contributed by atoms with Crippen LogP contribution in [0.25, 0.3) is 11.3 Å². The van der Waals surface area contributed by atoms with Gasteiger partial charge in [0.1, 0.15) is 29.9 Å². The van der Waals surface area contributed by atoms with Crippen molar-refractivity contribution in [3.8, 4) is 17.0 Å². The quantitative estimate of drug-likeness (QED) is 0.794. The van der Waals surface area contributed by atoms with Gasteiger partial charge in [-0.15, -0.1) is 0 Å². The van der Waals surface area contributed by atoms with Crippen LogP contribution in [-0.2, 0) is 14.8 Å². The maximum Gasteiger partial charge on any atom is 0.211 e. The SMILES string of the molecule is CCS(=O)(=O)N[C@H]1CCCO[C@@H]1COc1ccc(-c2cc(C)on2)cc1. The molecule has 26 heavy (non-hydrogen) atoms. The second-order valence-electron chi connectivity index (χ2n) is 6.34. The number of hydrogen-bond acceptors (Lipinski definition) is 6. The number of rotatable bonds is 7. The number of sulfonamides is 1. The predicted octanol–water partition coefficient (Wildman–Crippen LogP) is 2.52. The Morgan fingerprint density at radius 3 is 2.73 bits per heavy atom. The topological polar surface area (TPSA) is 90.7 Å². The van der Waals surface area contributed by atoms with E-state index in [2.05, 4.69) is 9.88 Å². The zero-order chi connectivity index (χ0) is 18.6. The highest BCUT2D eigenvalue weighted by molar-refractivity contribution is 7.89. The first kappa shape index (κ1) is 18.9. The number of nitrogens with zero attached hydrogens (tertiary/aromatic N) is 1. The zero-order valence-electron chi connectivity index (χ0n) is 15.0. The Morgan fingerprint density at radius 1 is 1.31 bits per heavy atom. The van der Waals surface area contributed by atoms with Crippen molar-refractivity contribution in [1.82, 2.24) is 9.88 Å². The normalized spacial score (nSPS) is 20.8. The third-order valence-electron chi connectivity index (χ3n) is 4.34. The molecular formula is C18H24N2O5S. The van der Waals surface area contributed by atoms with Crippen LogP contribution in [0.15, 0.2) is 34.9 Å². The van der Waals surface area contributed by atoms with Crippen molar-refractivity contribution in [2.45, 2.75) is 38.8 Å². The number of benzene rings is 1. The first-order valence-corrected chi connectivity index (χ1v) is 10.4. The third kappa shape index (κ3) is 4.84. The van der Waals surface area contributed by atoms with Gasteiger partial charge in [-0.05, 0) is 51.0 Å². The fourth-order valence-corrected chi connectivity index (χ4v) is 3.75. The van der Waals surface area contributed by atoms with Gasteiger partial charge in [-0.1, -0.05) is 5.16 Å². The van der Waals surface area contributed by atoms with E-state index in [4.69, 9.17) is 14.0 Å². The van der Waals surface area contributed by atoms with E-state index in [0.29, 0.717) is 19.0 Å². The smallest absolute Gasteiger partial charge is 0.211 e. The van der Waals surface area contributed by atoms with Crippen LogP contribution < -0.4 is 9.46 Å². The minimum absolute atomic E-state index is 0.0556. The molecule has 142 valence electrons. The van der Waals surface area contributed by atoms with Crippen molar-refractivity contribution < 1.29 is 22.4 Å². The number of aryl methyl sites for hydroxylation is 1. The van der Waals surface area contributed by atoms with Gasteiger partial charge in [0.2, 0.25) is 10.0 Å². The minimum atomic E-state index is -3.27. The molecule has 2 aromatic rings. The van der Waals surface area contributed by atoms with Crippen LogP contribution in [0, 0.1) is 6.92 Å². The first-order chi connectivity index (χ1) is 12.5. The summed E-state index contributed by atoms with van der Waals surface area (Å²) in [5, 5.41) is 3.99. The maximum absolute atomic E-state index is 11.8. The summed E-state index contributed by atoms with van der Waals surface area (Å²) >= 11 is 0. The van der Waals surface area contributed by atoms with Gasteiger partial charge in [0, 0.05) is 18.2 Å². The van der Waals surface area contributed by atoms with Gasteiger partial charge in [0.15, 0.2) is 0 Å². The molecule has 1 aliphatic heterocycles. The Labute approximate surface area is 153 Å². The second kappa shape index (κ2) is 8.20. The van der Waals surface area contributed by atoms with E-state index in [1.165, 1.54) is 0 Å². The van der Waals surface area contributed by atoms with Crippen molar-refractivity contribution in [2.75, 3.05) is 19.0 Å². The van der Waals surface area contributed by atoms with Crippen LogP contribution >= 0.6 is 0 Å². The summed E-state index contributed by atoms with van der Waals surface area (Å²) in [7, 11) is -3.27. The van der Waals surface area contributed by atoms with Crippen LogP contribution in [0.1, 0.15) is 25.5 Å². The fraction of sp³-hybridized carbons (Fsp3) is 0.500. The van der Waals surface area contributed by atoms with E-state index in [-0.39, 0.29) is 17.9 Å². The van der Waals surface area contributed by atoms with Crippen LogP contribution in [0.2, 0.25) is 0 Å². The molecule has 2 heterocycles. The lowest BCUT2D eigenvalue weighted by Gasteiger charge is -2.31. The van der Waals surface area contributed by atoms with Gasteiger partial charge in [0.25, 0.3) is 0 Å². The highest BCUT2D eigenvalue weighted by Gasteiger charge is 2.29. The summed E-state index contributed by atoms with van der Waals surface area (Å²) in [6.45, 7) is 4.37. The highest BCUT2D eigenvalue weighted by Crippen LogP contribution is 2.23. The van der Waals surface area contributed by atoms with Gasteiger partial charge in [-0.25, -0.2) is 13.1 Å². The summed E-state index contributed by atoms with van der Waals surface area (Å²) in [6, 6.07) is 9.14. The van der Waals surface area contributed by atoms with Crippen LogP contribution in [-0.4, -0.2) is 44.7 Å². The first-order valence-electron chi connectivity index (χ1n) is 8.75. The van der Waals surface area contributed by atoms with Gasteiger partial charge < -0.3 is 14.0 Å². The molecule has 8 heteroatoms. The van der Waals surface area contributed by atoms with Gasteiger partial charge in [0.05, 0.1) is 11.8 Å². The summed E-state index contributed by atoms with van der Waals surface area (Å²) in [6.07, 6.45) is 1.28. The molecule has 0 bridgehead atoms. The fourth-order valence-electron chi connectivity index (χ4n) is 2.86. The molecule has 0 aliphatic carbocycles. The lowest BCUT2D eigenvalue weighted by Crippen LogP contribution is -2.49. The zero-order valence-corrected chi connectivity index (χ0v) is 15.8. The molecular weight excluding hydrogens is 356 g/mol. The van der Waals surface area contributed by atoms with E-state index in [9.17, 15) is 8.42 Å². The van der Waals surface area contributed by atoms with E-state index >= 15 is 0 Å². The van der Waals surface area contributed by atoms with Crippen molar-refractivity contribution in [1.29, 1.82) is 0 Å². The number of nitrogens with one attached hydrogen (secondary N) is 1. The molecule has 1 N–H and O–H groups in total. The largest absolute Gasteiger partial charge is 0.491 e. The molecule has 1 aliphatic rings. The van der Waals surface area contributed by atoms with Crippen LogP contribution in [0.4, 0.5) is 0 Å². The Hall–Kier alpha value is -1.90. The predicted molar refractivity (Wildman–Crippen MR) is 97.5 cm³/mol. The average molecular weight is 380 g/mol. The van der Waals surface area contributed by atoms with Gasteiger partial charge in [-0.2, -0.15) is 0 Å². The van der Waals surface area contributed by atoms with Crippen LogP contribution in [0.5, 0.6) is 5.75 Å². The summed E-state index contributed by atoms with van der Waals surface area (Å²) in [5.41, 5.74) is 1.72. The van der Waals surface area contributed by atoms with E-state index in [1.54, 1.807) is 6.92 Å². The Balaban J connectivity index is 1.60. The molecule has 7 nitrogen and oxygen atoms in total. The summed E-state index contributed by atoms with van der Waals surface area (Å²) in [4.78, 5) is 0. The van der Waals surface area contributed by atoms with Crippen molar-refractivity contribution in [3.63, 3.8) is 0 Å². The molecule has 1 aromatic heterocycles. The highest BCUT2D eigenvalue weighted by atomic mass is 32.2. The molecule has 2 atom stereocenters. The second-order valence-corrected chi connectivity index (χ2v) is 8.38. The number of aromatic nitrogens is 1. The summed E-state index contributed by atoms with van der Waals surface area (Å²) in [5.74, 6) is 1.51. The van der Waals surface area contributed by atoms with Crippen LogP contribution in [0.3, 0.4) is 0 Å². The van der Waals surface area contributed by atoms with Crippen molar-refractivity contribution >= 4 is 10.0 Å². The van der Waals surface area contributed by atoms with E-state index in [1.807, 2.05) is 37.3 Å². The molecule has 3 rings (SSSR count). The molecule has 1 fully saturated rings. The number of hydrogen-bond donors (Lipinski definition) is 1. The van der Waals surface area contributed by atoms with Gasteiger partial charge in [-0.3, -0.25) is 0 Å². The standard InChI is InChI=1S/C18H24N2O5S/c1-3-26(21,22)20-16-5-4-10-23-18(16)12-24-15-8-6-14(7-9-15)17-11-13(2)25-19-17/h6-9,11,16,18,20H,3-5,10,12H2,1-2H3/t16-,18+/m0/s1. The molecule has 1 saturated heterocycles. The maximum atomic E-state index is 11.8.